The second-order valence-corrected chi connectivity index (χ2v) is 14.9. The van der Waals surface area contributed by atoms with Crippen molar-refractivity contribution in [3.05, 3.63) is 17.5 Å². The van der Waals surface area contributed by atoms with Crippen LogP contribution in [0.25, 0.3) is 0 Å². The molecule has 28 heavy (non-hydrogen) atoms. The van der Waals surface area contributed by atoms with Gasteiger partial charge in [-0.25, -0.2) is 0 Å². The van der Waals surface area contributed by atoms with E-state index in [1.54, 1.807) is 16.7 Å². The van der Waals surface area contributed by atoms with E-state index in [0.717, 1.165) is 18.0 Å². The van der Waals surface area contributed by atoms with Crippen molar-refractivity contribution in [1.29, 1.82) is 0 Å². The molecule has 2 heterocycles. The van der Waals surface area contributed by atoms with Gasteiger partial charge in [-0.05, 0) is 44.3 Å². The first-order valence-electron chi connectivity index (χ1n) is 9.93. The summed E-state index contributed by atoms with van der Waals surface area (Å²) in [7, 11) is -1.99. The van der Waals surface area contributed by atoms with Gasteiger partial charge in [0.25, 0.3) is 0 Å². The maximum absolute atomic E-state index is 12.8. The van der Waals surface area contributed by atoms with Crippen LogP contribution in [0, 0.1) is 6.92 Å². The highest BCUT2D eigenvalue weighted by molar-refractivity contribution is 7.98. The van der Waals surface area contributed by atoms with E-state index in [4.69, 9.17) is 4.43 Å². The highest BCUT2D eigenvalue weighted by atomic mass is 32.2. The lowest BCUT2D eigenvalue weighted by molar-refractivity contribution is -0.159. The minimum Gasteiger partial charge on any atom is -0.397 e. The maximum atomic E-state index is 12.8. The standard InChI is InChI=1S/C20H35N3O3SSi/c1-14-11-17(21-22(14)9-10-27-6)18(24)12-16-13-19(25)23(16)15(2)26-28(7,8)20(3,4)5/h11,15-16H,9-10,12-13H2,1-8H3/t15-,16-/m1/s1. The Labute approximate surface area is 174 Å². The molecular weight excluding hydrogens is 390 g/mol. The number of aryl methyl sites for hydroxylation is 2. The third-order valence-corrected chi connectivity index (χ3v) is 11.1. The number of amides is 1. The fourth-order valence-corrected chi connectivity index (χ4v) is 4.87. The van der Waals surface area contributed by atoms with Crippen molar-refractivity contribution in [2.45, 2.75) is 84.4 Å². The highest BCUT2D eigenvalue weighted by Crippen LogP contribution is 2.39. The van der Waals surface area contributed by atoms with Crippen molar-refractivity contribution in [3.63, 3.8) is 0 Å². The number of hydrogen-bond donors (Lipinski definition) is 0. The molecule has 1 aliphatic heterocycles. The molecule has 2 atom stereocenters. The van der Waals surface area contributed by atoms with E-state index < -0.39 is 8.32 Å². The number of β-lactam (4-membered cyclic amide) rings is 1. The van der Waals surface area contributed by atoms with Crippen molar-refractivity contribution in [2.24, 2.45) is 0 Å². The lowest BCUT2D eigenvalue weighted by atomic mass is 9.95. The van der Waals surface area contributed by atoms with Crippen LogP contribution in [0.2, 0.25) is 18.1 Å². The summed E-state index contributed by atoms with van der Waals surface area (Å²) in [6.07, 6.45) is 2.46. The quantitative estimate of drug-likeness (QED) is 0.339. The zero-order valence-corrected chi connectivity index (χ0v) is 20.4. The van der Waals surface area contributed by atoms with Gasteiger partial charge in [0.05, 0.1) is 12.6 Å². The van der Waals surface area contributed by atoms with Crippen LogP contribution in [0.15, 0.2) is 6.07 Å². The molecule has 1 saturated heterocycles. The monoisotopic (exact) mass is 425 g/mol. The van der Waals surface area contributed by atoms with Gasteiger partial charge in [-0.15, -0.1) is 0 Å². The number of likely N-dealkylation sites (tertiary alicyclic amines) is 1. The predicted molar refractivity (Wildman–Crippen MR) is 117 cm³/mol. The second-order valence-electron chi connectivity index (χ2n) is 9.15. The predicted octanol–water partition coefficient (Wildman–Crippen LogP) is 4.10. The fraction of sp³-hybridized carbons (Fsp3) is 0.750. The Balaban J connectivity index is 2.02. The van der Waals surface area contributed by atoms with Crippen LogP contribution in [0.4, 0.5) is 0 Å². The zero-order valence-electron chi connectivity index (χ0n) is 18.5. The van der Waals surface area contributed by atoms with Crippen molar-refractivity contribution in [1.82, 2.24) is 14.7 Å². The molecule has 0 aromatic carbocycles. The largest absolute Gasteiger partial charge is 0.397 e. The lowest BCUT2D eigenvalue weighted by Gasteiger charge is -2.48. The van der Waals surface area contributed by atoms with Crippen LogP contribution in [0.5, 0.6) is 0 Å². The summed E-state index contributed by atoms with van der Waals surface area (Å²) in [5.74, 6) is 1.02. The molecule has 0 spiro atoms. The fourth-order valence-electron chi connectivity index (χ4n) is 3.20. The second kappa shape index (κ2) is 8.71. The van der Waals surface area contributed by atoms with Gasteiger partial charge in [0.15, 0.2) is 14.1 Å². The average molecular weight is 426 g/mol. The number of carbonyl (C=O) groups excluding carboxylic acids is 2. The Kier molecular flexibility index (Phi) is 7.20. The van der Waals surface area contributed by atoms with Crippen molar-refractivity contribution >= 4 is 31.8 Å². The number of aromatic nitrogens is 2. The molecule has 1 amide bonds. The van der Waals surface area contributed by atoms with Gasteiger partial charge in [0, 0.05) is 24.3 Å². The number of rotatable bonds is 9. The maximum Gasteiger partial charge on any atom is 0.226 e. The molecule has 158 valence electrons. The number of Topliss-reactive ketones (excluding diaryl/α,β-unsaturated/α-hetero) is 1. The summed E-state index contributed by atoms with van der Waals surface area (Å²) in [6.45, 7) is 15.6. The first-order chi connectivity index (χ1) is 12.9. The minimum atomic E-state index is -1.99. The van der Waals surface area contributed by atoms with E-state index in [1.165, 1.54) is 0 Å². The topological polar surface area (TPSA) is 64.4 Å². The Hall–Kier alpha value is -1.12. The van der Waals surface area contributed by atoms with Crippen LogP contribution in [-0.2, 0) is 15.8 Å². The average Bonchev–Trinajstić information content (AvgIpc) is 2.91. The SMILES string of the molecule is CSCCn1nc(C(=O)C[C@@H]2CC(=O)N2[C@@H](C)O[Si](C)(C)C(C)(C)C)cc1C. The van der Waals surface area contributed by atoms with E-state index in [-0.39, 0.29) is 29.0 Å². The number of hydrogen-bond acceptors (Lipinski definition) is 5. The number of ketones is 1. The van der Waals surface area contributed by atoms with Gasteiger partial charge in [-0.2, -0.15) is 16.9 Å². The summed E-state index contributed by atoms with van der Waals surface area (Å²) >= 11 is 1.76. The smallest absolute Gasteiger partial charge is 0.226 e. The van der Waals surface area contributed by atoms with Gasteiger partial charge in [0.1, 0.15) is 11.9 Å². The van der Waals surface area contributed by atoms with Crippen LogP contribution in [0.1, 0.15) is 56.7 Å². The first kappa shape index (κ1) is 23.2. The molecule has 0 aliphatic carbocycles. The Morgan fingerprint density at radius 2 is 2.07 bits per heavy atom. The number of thioether (sulfide) groups is 1. The minimum absolute atomic E-state index is 0.00646. The molecule has 6 nitrogen and oxygen atoms in total. The van der Waals surface area contributed by atoms with E-state index in [1.807, 2.05) is 24.6 Å². The van der Waals surface area contributed by atoms with Gasteiger partial charge in [-0.3, -0.25) is 14.3 Å². The molecule has 1 aliphatic rings. The van der Waals surface area contributed by atoms with Gasteiger partial charge >= 0.3 is 0 Å². The van der Waals surface area contributed by atoms with Crippen LogP contribution in [-0.4, -0.2) is 59.0 Å². The van der Waals surface area contributed by atoms with Crippen LogP contribution >= 0.6 is 11.8 Å². The molecule has 0 bridgehead atoms. The number of carbonyl (C=O) groups is 2. The van der Waals surface area contributed by atoms with E-state index >= 15 is 0 Å². The Morgan fingerprint density at radius 1 is 1.43 bits per heavy atom. The van der Waals surface area contributed by atoms with E-state index in [2.05, 4.69) is 45.2 Å². The normalized spacial score (nSPS) is 18.9. The van der Waals surface area contributed by atoms with Crippen molar-refractivity contribution in [3.8, 4) is 0 Å². The number of nitrogens with zero attached hydrogens (tertiary/aromatic N) is 3. The lowest BCUT2D eigenvalue weighted by Crippen LogP contribution is -2.60. The van der Waals surface area contributed by atoms with Gasteiger partial charge in [0.2, 0.25) is 5.91 Å². The molecule has 1 fully saturated rings. The van der Waals surface area contributed by atoms with Crippen molar-refractivity contribution in [2.75, 3.05) is 12.0 Å². The van der Waals surface area contributed by atoms with E-state index in [0.29, 0.717) is 18.5 Å². The van der Waals surface area contributed by atoms with Gasteiger partial charge < -0.3 is 9.33 Å². The molecule has 1 aromatic heterocycles. The molecule has 0 N–H and O–H groups in total. The highest BCUT2D eigenvalue weighted by Gasteiger charge is 2.45. The zero-order chi connectivity index (χ0) is 21.3. The summed E-state index contributed by atoms with van der Waals surface area (Å²) in [5.41, 5.74) is 1.49. The van der Waals surface area contributed by atoms with Crippen LogP contribution in [0.3, 0.4) is 0 Å². The molecule has 0 radical (unpaired) electrons. The molecular formula is C20H35N3O3SSi. The first-order valence-corrected chi connectivity index (χ1v) is 14.2. The summed E-state index contributed by atoms with van der Waals surface area (Å²) in [4.78, 5) is 26.7. The van der Waals surface area contributed by atoms with Gasteiger partial charge in [-0.1, -0.05) is 20.8 Å². The van der Waals surface area contributed by atoms with Crippen LogP contribution < -0.4 is 0 Å². The Morgan fingerprint density at radius 3 is 2.61 bits per heavy atom. The molecule has 2 rings (SSSR count). The summed E-state index contributed by atoms with van der Waals surface area (Å²) in [6, 6.07) is 1.75. The van der Waals surface area contributed by atoms with Crippen molar-refractivity contribution < 1.29 is 14.0 Å². The molecule has 1 aromatic rings. The molecule has 0 saturated carbocycles. The van der Waals surface area contributed by atoms with E-state index in [9.17, 15) is 9.59 Å². The third-order valence-electron chi connectivity index (χ3n) is 5.95. The third kappa shape index (κ3) is 5.07. The summed E-state index contributed by atoms with van der Waals surface area (Å²) < 4.78 is 8.26. The molecule has 0 unspecified atom stereocenters. The summed E-state index contributed by atoms with van der Waals surface area (Å²) in [5, 5.41) is 4.54. The molecule has 8 heteroatoms. The Bertz CT molecular complexity index is 727.